The van der Waals surface area contributed by atoms with E-state index in [1.165, 1.54) is 0 Å². The van der Waals surface area contributed by atoms with Crippen LogP contribution in [0.2, 0.25) is 0 Å². The van der Waals surface area contributed by atoms with Crippen LogP contribution in [0, 0.1) is 0 Å². The van der Waals surface area contributed by atoms with Gasteiger partial charge in [0.25, 0.3) is 0 Å². The first-order valence-corrected chi connectivity index (χ1v) is 8.62. The van der Waals surface area contributed by atoms with Crippen LogP contribution < -0.4 is 10.1 Å². The molecule has 1 aliphatic carbocycles. The Bertz CT molecular complexity index is 776. The number of rotatable bonds is 4. The summed E-state index contributed by atoms with van der Waals surface area (Å²) in [5.41, 5.74) is 3.63. The zero-order chi connectivity index (χ0) is 18.0. The lowest BCUT2D eigenvalue weighted by atomic mass is 9.75. The van der Waals surface area contributed by atoms with Crippen LogP contribution in [-0.2, 0) is 14.3 Å². The number of hydrogen-bond acceptors (Lipinski definition) is 5. The monoisotopic (exact) mass is 341 g/mol. The van der Waals surface area contributed by atoms with Gasteiger partial charge in [0.05, 0.1) is 25.2 Å². The van der Waals surface area contributed by atoms with Gasteiger partial charge < -0.3 is 14.8 Å². The van der Waals surface area contributed by atoms with Crippen molar-refractivity contribution < 1.29 is 19.1 Å². The summed E-state index contributed by atoms with van der Waals surface area (Å²) in [5.74, 6) is -0.110. The van der Waals surface area contributed by atoms with Crippen LogP contribution in [0.1, 0.15) is 44.6 Å². The van der Waals surface area contributed by atoms with Crippen LogP contribution in [0.4, 0.5) is 0 Å². The molecule has 5 nitrogen and oxygen atoms in total. The molecule has 0 aromatic heterocycles. The number of carbonyl (C=O) groups is 2. The van der Waals surface area contributed by atoms with Crippen molar-refractivity contribution in [3.05, 3.63) is 52.4 Å². The van der Waals surface area contributed by atoms with Crippen LogP contribution >= 0.6 is 0 Å². The van der Waals surface area contributed by atoms with Gasteiger partial charge in [0.1, 0.15) is 5.75 Å². The average Bonchev–Trinajstić information content (AvgIpc) is 2.60. The highest BCUT2D eigenvalue weighted by Gasteiger charge is 2.40. The Balaban J connectivity index is 2.21. The summed E-state index contributed by atoms with van der Waals surface area (Å²) in [4.78, 5) is 25.4. The molecule has 132 valence electrons. The summed E-state index contributed by atoms with van der Waals surface area (Å²) in [6.07, 6.45) is 2.13. The van der Waals surface area contributed by atoms with Crippen molar-refractivity contribution in [2.24, 2.45) is 0 Å². The number of methoxy groups -OCH3 is 1. The van der Waals surface area contributed by atoms with Crippen molar-refractivity contribution in [3.8, 4) is 5.75 Å². The van der Waals surface area contributed by atoms with Gasteiger partial charge in [0, 0.05) is 29.0 Å². The maximum absolute atomic E-state index is 12.7. The number of esters is 1. The van der Waals surface area contributed by atoms with Gasteiger partial charge in [-0.2, -0.15) is 0 Å². The van der Waals surface area contributed by atoms with E-state index in [2.05, 4.69) is 5.32 Å². The van der Waals surface area contributed by atoms with Crippen LogP contribution in [0.5, 0.6) is 5.75 Å². The minimum atomic E-state index is -0.459. The number of ketones is 1. The molecule has 0 spiro atoms. The lowest BCUT2D eigenvalue weighted by Gasteiger charge is -2.34. The van der Waals surface area contributed by atoms with Gasteiger partial charge in [-0.3, -0.25) is 4.79 Å². The Hall–Kier alpha value is -2.56. The van der Waals surface area contributed by atoms with Gasteiger partial charge in [-0.05, 0) is 32.8 Å². The number of nitrogens with one attached hydrogen (secondary N) is 1. The van der Waals surface area contributed by atoms with Gasteiger partial charge in [-0.15, -0.1) is 0 Å². The first-order valence-electron chi connectivity index (χ1n) is 8.62. The first kappa shape index (κ1) is 17.3. The molecule has 1 unspecified atom stereocenters. The molecule has 1 aromatic carbocycles. The molecule has 1 aliphatic heterocycles. The quantitative estimate of drug-likeness (QED) is 0.852. The molecule has 0 amide bonds. The van der Waals surface area contributed by atoms with Crippen molar-refractivity contribution in [3.63, 3.8) is 0 Å². The van der Waals surface area contributed by atoms with Gasteiger partial charge in [-0.25, -0.2) is 4.79 Å². The Morgan fingerprint density at radius 2 is 2.04 bits per heavy atom. The highest BCUT2D eigenvalue weighted by molar-refractivity contribution is 6.04. The molecular formula is C20H23NO4. The predicted molar refractivity (Wildman–Crippen MR) is 94.1 cm³/mol. The fourth-order valence-corrected chi connectivity index (χ4v) is 3.68. The normalized spacial score (nSPS) is 20.1. The summed E-state index contributed by atoms with van der Waals surface area (Å²) < 4.78 is 10.8. The largest absolute Gasteiger partial charge is 0.496 e. The first-order chi connectivity index (χ1) is 12.1. The van der Waals surface area contributed by atoms with Crippen molar-refractivity contribution in [1.82, 2.24) is 5.32 Å². The number of para-hydroxylation sites is 1. The fraction of sp³-hybridized carbons (Fsp3) is 0.400. The Morgan fingerprint density at radius 1 is 1.28 bits per heavy atom. The smallest absolute Gasteiger partial charge is 0.336 e. The van der Waals surface area contributed by atoms with Crippen LogP contribution in [0.3, 0.4) is 0 Å². The predicted octanol–water partition coefficient (Wildman–Crippen LogP) is 3.23. The van der Waals surface area contributed by atoms with Crippen LogP contribution in [0.25, 0.3) is 0 Å². The zero-order valence-electron chi connectivity index (χ0n) is 14.8. The van der Waals surface area contributed by atoms with Crippen molar-refractivity contribution in [2.75, 3.05) is 13.7 Å². The molecule has 1 aromatic rings. The molecule has 3 rings (SSSR count). The van der Waals surface area contributed by atoms with E-state index in [1.54, 1.807) is 14.0 Å². The number of benzene rings is 1. The van der Waals surface area contributed by atoms with E-state index in [4.69, 9.17) is 9.47 Å². The number of Topliss-reactive ketones (excluding diaryl/α,β-unsaturated/α-hetero) is 1. The van der Waals surface area contributed by atoms with Crippen LogP contribution in [-0.4, -0.2) is 25.5 Å². The van der Waals surface area contributed by atoms with Crippen molar-refractivity contribution in [2.45, 2.75) is 39.0 Å². The minimum Gasteiger partial charge on any atom is -0.496 e. The highest BCUT2D eigenvalue weighted by Crippen LogP contribution is 2.45. The maximum atomic E-state index is 12.7. The molecule has 0 saturated heterocycles. The van der Waals surface area contributed by atoms with E-state index in [1.807, 2.05) is 31.2 Å². The molecule has 1 N–H and O–H groups in total. The van der Waals surface area contributed by atoms with Crippen LogP contribution in [0.15, 0.2) is 46.8 Å². The third-order valence-electron chi connectivity index (χ3n) is 4.72. The number of carbonyl (C=O) groups excluding carboxylic acids is 2. The van der Waals surface area contributed by atoms with E-state index in [-0.39, 0.29) is 12.4 Å². The molecule has 5 heteroatoms. The Labute approximate surface area is 147 Å². The van der Waals surface area contributed by atoms with E-state index in [0.29, 0.717) is 23.3 Å². The summed E-state index contributed by atoms with van der Waals surface area (Å²) in [7, 11) is 1.60. The van der Waals surface area contributed by atoms with Gasteiger partial charge >= 0.3 is 5.97 Å². The third kappa shape index (κ3) is 3.06. The summed E-state index contributed by atoms with van der Waals surface area (Å²) in [6, 6.07) is 7.53. The highest BCUT2D eigenvalue weighted by atomic mass is 16.5. The summed E-state index contributed by atoms with van der Waals surface area (Å²) in [5, 5.41) is 3.27. The fourth-order valence-electron chi connectivity index (χ4n) is 3.68. The molecule has 0 radical (unpaired) electrons. The van der Waals surface area contributed by atoms with E-state index >= 15 is 0 Å². The number of ether oxygens (including phenoxy) is 2. The molecule has 2 aliphatic rings. The molecule has 0 bridgehead atoms. The summed E-state index contributed by atoms with van der Waals surface area (Å²) in [6.45, 7) is 3.92. The average molecular weight is 341 g/mol. The second-order valence-corrected chi connectivity index (χ2v) is 6.23. The van der Waals surface area contributed by atoms with Gasteiger partial charge in [0.15, 0.2) is 5.78 Å². The Kier molecular flexibility index (Phi) is 4.93. The second-order valence-electron chi connectivity index (χ2n) is 6.23. The lowest BCUT2D eigenvalue weighted by Crippen LogP contribution is -2.34. The summed E-state index contributed by atoms with van der Waals surface area (Å²) >= 11 is 0. The zero-order valence-corrected chi connectivity index (χ0v) is 14.8. The molecule has 1 atom stereocenters. The second kappa shape index (κ2) is 7.13. The standard InChI is InChI=1S/C20H23NO4/c1-4-25-20(23)17-12(2)21-14-9-7-10-15(22)19(14)18(17)13-8-5-6-11-16(13)24-3/h5-6,8,11,18,21H,4,7,9-10H2,1-3H3. The van der Waals surface area contributed by atoms with E-state index in [9.17, 15) is 9.59 Å². The SMILES string of the molecule is CCOC(=O)C1=C(C)NC2=C(C(=O)CCC2)C1c1ccccc1OC. The number of allylic oxidation sites excluding steroid dienone is 3. The maximum Gasteiger partial charge on any atom is 0.336 e. The number of hydrogen-bond donors (Lipinski definition) is 1. The molecular weight excluding hydrogens is 318 g/mol. The van der Waals surface area contributed by atoms with E-state index in [0.717, 1.165) is 29.8 Å². The van der Waals surface area contributed by atoms with E-state index < -0.39 is 11.9 Å². The van der Waals surface area contributed by atoms with Crippen molar-refractivity contribution >= 4 is 11.8 Å². The molecule has 1 heterocycles. The lowest BCUT2D eigenvalue weighted by molar-refractivity contribution is -0.138. The van der Waals surface area contributed by atoms with Gasteiger partial charge in [0.2, 0.25) is 0 Å². The van der Waals surface area contributed by atoms with Gasteiger partial charge in [-0.1, -0.05) is 18.2 Å². The molecule has 0 saturated carbocycles. The third-order valence-corrected chi connectivity index (χ3v) is 4.72. The number of dihydropyridines is 1. The molecule has 0 fully saturated rings. The molecule has 25 heavy (non-hydrogen) atoms. The van der Waals surface area contributed by atoms with Crippen molar-refractivity contribution in [1.29, 1.82) is 0 Å². The Morgan fingerprint density at radius 3 is 2.76 bits per heavy atom. The minimum absolute atomic E-state index is 0.0824. The topological polar surface area (TPSA) is 64.6 Å².